The SMILES string of the molecule is O=C(NCCOCCOCCOCCOCCOCCOCCO)OCC1c2ccccc2-c2ccccc21. The van der Waals surface area contributed by atoms with Gasteiger partial charge in [0, 0.05) is 12.5 Å². The third kappa shape index (κ3) is 11.6. The van der Waals surface area contributed by atoms with Crippen LogP contribution < -0.4 is 5.32 Å². The number of alkyl carbamates (subject to hydrolysis) is 1. The normalized spacial score (nSPS) is 12.3. The predicted octanol–water partition coefficient (Wildman–Crippen LogP) is 2.62. The lowest BCUT2D eigenvalue weighted by molar-refractivity contribution is -0.0180. The summed E-state index contributed by atoms with van der Waals surface area (Å²) < 4.78 is 37.7. The standard InChI is InChI=1S/C29H41NO9/c31-10-12-34-14-16-36-18-20-38-22-21-37-19-17-35-15-13-33-11-9-30-29(32)39-23-28-26-7-3-1-5-24(26)25-6-2-4-8-27(25)28/h1-8,28,31H,9-23H2,(H,30,32). The highest BCUT2D eigenvalue weighted by molar-refractivity contribution is 5.79. The Morgan fingerprint density at radius 3 is 1.49 bits per heavy atom. The minimum atomic E-state index is -0.450. The molecule has 0 heterocycles. The number of hydrogen-bond acceptors (Lipinski definition) is 9. The third-order valence-electron chi connectivity index (χ3n) is 5.96. The van der Waals surface area contributed by atoms with Crippen molar-refractivity contribution in [3.05, 3.63) is 59.7 Å². The van der Waals surface area contributed by atoms with Crippen molar-refractivity contribution in [2.45, 2.75) is 5.92 Å². The summed E-state index contributed by atoms with van der Waals surface area (Å²) in [6.07, 6.45) is -0.450. The molecule has 0 aliphatic heterocycles. The molecule has 0 bridgehead atoms. The number of carbonyl (C=O) groups is 1. The number of aliphatic hydroxyl groups is 1. The summed E-state index contributed by atoms with van der Waals surface area (Å²) in [7, 11) is 0. The number of hydrogen-bond donors (Lipinski definition) is 2. The van der Waals surface area contributed by atoms with E-state index in [9.17, 15) is 4.79 Å². The van der Waals surface area contributed by atoms with Crippen molar-refractivity contribution in [2.75, 3.05) is 99.0 Å². The van der Waals surface area contributed by atoms with E-state index in [2.05, 4.69) is 29.6 Å². The van der Waals surface area contributed by atoms with Gasteiger partial charge in [0.1, 0.15) is 6.61 Å². The average Bonchev–Trinajstić information content (AvgIpc) is 3.28. The van der Waals surface area contributed by atoms with Crippen LogP contribution in [0.25, 0.3) is 11.1 Å². The molecule has 3 rings (SSSR count). The number of ether oxygens (including phenoxy) is 7. The maximum atomic E-state index is 12.2. The van der Waals surface area contributed by atoms with E-state index in [1.165, 1.54) is 22.3 Å². The molecule has 0 aromatic heterocycles. The van der Waals surface area contributed by atoms with Crippen LogP contribution in [0.5, 0.6) is 0 Å². The lowest BCUT2D eigenvalue weighted by atomic mass is 9.98. The molecule has 0 atom stereocenters. The summed E-state index contributed by atoms with van der Waals surface area (Å²) in [5.74, 6) is 0.0436. The summed E-state index contributed by atoms with van der Waals surface area (Å²) in [5, 5.41) is 11.3. The van der Waals surface area contributed by atoms with Crippen LogP contribution in [-0.4, -0.2) is 110 Å². The Morgan fingerprint density at radius 1 is 0.615 bits per heavy atom. The van der Waals surface area contributed by atoms with Gasteiger partial charge in [-0.3, -0.25) is 0 Å². The molecule has 2 aromatic carbocycles. The quantitative estimate of drug-likeness (QED) is 0.215. The first-order chi connectivity index (χ1) is 19.3. The van der Waals surface area contributed by atoms with Crippen molar-refractivity contribution in [1.82, 2.24) is 5.32 Å². The van der Waals surface area contributed by atoms with Crippen molar-refractivity contribution >= 4 is 6.09 Å². The monoisotopic (exact) mass is 547 g/mol. The predicted molar refractivity (Wildman–Crippen MR) is 145 cm³/mol. The van der Waals surface area contributed by atoms with Gasteiger partial charge in [-0.05, 0) is 22.3 Å². The van der Waals surface area contributed by atoms with E-state index in [0.29, 0.717) is 92.4 Å². The number of aliphatic hydroxyl groups excluding tert-OH is 1. The van der Waals surface area contributed by atoms with Gasteiger partial charge in [0.15, 0.2) is 0 Å². The average molecular weight is 548 g/mol. The molecule has 2 N–H and O–H groups in total. The maximum absolute atomic E-state index is 12.2. The molecule has 0 unspecified atom stereocenters. The minimum Gasteiger partial charge on any atom is -0.449 e. The molecule has 0 spiro atoms. The molecular formula is C29H41NO9. The summed E-state index contributed by atoms with van der Waals surface area (Å²) in [4.78, 5) is 12.2. The van der Waals surface area contributed by atoms with Crippen LogP contribution >= 0.6 is 0 Å². The fraction of sp³-hybridized carbons (Fsp3) is 0.552. The van der Waals surface area contributed by atoms with Crippen molar-refractivity contribution in [2.24, 2.45) is 0 Å². The Bertz CT molecular complexity index is 897. The first-order valence-corrected chi connectivity index (χ1v) is 13.5. The topological polar surface area (TPSA) is 114 Å². The van der Waals surface area contributed by atoms with E-state index in [-0.39, 0.29) is 12.5 Å². The molecule has 1 aliphatic carbocycles. The van der Waals surface area contributed by atoms with Crippen LogP contribution in [0, 0.1) is 0 Å². The number of amides is 1. The Balaban J connectivity index is 1.09. The third-order valence-corrected chi connectivity index (χ3v) is 5.96. The fourth-order valence-corrected chi connectivity index (χ4v) is 4.14. The van der Waals surface area contributed by atoms with Gasteiger partial charge in [-0.15, -0.1) is 0 Å². The van der Waals surface area contributed by atoms with Crippen LogP contribution in [0.3, 0.4) is 0 Å². The second kappa shape index (κ2) is 19.5. The number of carbonyl (C=O) groups excluding carboxylic acids is 1. The molecule has 0 saturated heterocycles. The van der Waals surface area contributed by atoms with E-state index in [1.807, 2.05) is 24.3 Å². The van der Waals surface area contributed by atoms with E-state index in [1.54, 1.807) is 0 Å². The summed E-state index contributed by atoms with van der Waals surface area (Å²) in [6.45, 7) is 6.12. The van der Waals surface area contributed by atoms with Gasteiger partial charge in [-0.2, -0.15) is 0 Å². The lowest BCUT2D eigenvalue weighted by Gasteiger charge is -2.14. The highest BCUT2D eigenvalue weighted by Gasteiger charge is 2.28. The number of fused-ring (bicyclic) bond motifs is 3. The van der Waals surface area contributed by atoms with Crippen LogP contribution in [0.1, 0.15) is 17.0 Å². The first-order valence-electron chi connectivity index (χ1n) is 13.5. The van der Waals surface area contributed by atoms with E-state index in [0.717, 1.165) is 0 Å². The second-order valence-corrected chi connectivity index (χ2v) is 8.65. The van der Waals surface area contributed by atoms with Gasteiger partial charge in [-0.25, -0.2) is 4.79 Å². The summed E-state index contributed by atoms with van der Waals surface area (Å²) in [5.41, 5.74) is 4.78. The van der Waals surface area contributed by atoms with Crippen LogP contribution in [0.4, 0.5) is 4.79 Å². The van der Waals surface area contributed by atoms with Gasteiger partial charge < -0.3 is 43.6 Å². The zero-order valence-corrected chi connectivity index (χ0v) is 22.5. The summed E-state index contributed by atoms with van der Waals surface area (Å²) >= 11 is 0. The molecule has 2 aromatic rings. The van der Waals surface area contributed by atoms with Crippen molar-refractivity contribution in [3.8, 4) is 11.1 Å². The van der Waals surface area contributed by atoms with Crippen molar-refractivity contribution in [1.29, 1.82) is 0 Å². The van der Waals surface area contributed by atoms with Crippen LogP contribution in [0.15, 0.2) is 48.5 Å². The maximum Gasteiger partial charge on any atom is 0.407 e. The highest BCUT2D eigenvalue weighted by atomic mass is 16.6. The minimum absolute atomic E-state index is 0.0210. The molecule has 1 amide bonds. The smallest absolute Gasteiger partial charge is 0.407 e. The molecule has 10 heteroatoms. The molecule has 0 radical (unpaired) electrons. The Morgan fingerprint density at radius 2 is 1.03 bits per heavy atom. The Kier molecular flexibility index (Phi) is 15.5. The fourth-order valence-electron chi connectivity index (χ4n) is 4.14. The number of benzene rings is 2. The Hall–Kier alpha value is -2.57. The lowest BCUT2D eigenvalue weighted by Crippen LogP contribution is -2.29. The van der Waals surface area contributed by atoms with Gasteiger partial charge in [0.05, 0.1) is 85.9 Å². The molecule has 39 heavy (non-hydrogen) atoms. The zero-order chi connectivity index (χ0) is 27.4. The first kappa shape index (κ1) is 31.0. The van der Waals surface area contributed by atoms with Gasteiger partial charge in [0.2, 0.25) is 0 Å². The largest absolute Gasteiger partial charge is 0.449 e. The van der Waals surface area contributed by atoms with Gasteiger partial charge in [-0.1, -0.05) is 48.5 Å². The van der Waals surface area contributed by atoms with E-state index >= 15 is 0 Å². The Labute approximate surface area is 230 Å². The molecule has 10 nitrogen and oxygen atoms in total. The molecule has 216 valence electrons. The molecule has 0 saturated carbocycles. The summed E-state index contributed by atoms with van der Waals surface area (Å²) in [6, 6.07) is 16.5. The number of rotatable bonds is 22. The highest BCUT2D eigenvalue weighted by Crippen LogP contribution is 2.44. The van der Waals surface area contributed by atoms with E-state index in [4.69, 9.17) is 38.3 Å². The van der Waals surface area contributed by atoms with Crippen molar-refractivity contribution < 1.29 is 43.1 Å². The van der Waals surface area contributed by atoms with Crippen LogP contribution in [0.2, 0.25) is 0 Å². The molecule has 1 aliphatic rings. The van der Waals surface area contributed by atoms with E-state index < -0.39 is 6.09 Å². The molecular weight excluding hydrogens is 506 g/mol. The van der Waals surface area contributed by atoms with Gasteiger partial charge >= 0.3 is 6.09 Å². The van der Waals surface area contributed by atoms with Crippen molar-refractivity contribution in [3.63, 3.8) is 0 Å². The molecule has 0 fully saturated rings. The second-order valence-electron chi connectivity index (χ2n) is 8.65. The van der Waals surface area contributed by atoms with Crippen LogP contribution in [-0.2, 0) is 33.2 Å². The zero-order valence-electron chi connectivity index (χ0n) is 22.5. The van der Waals surface area contributed by atoms with Gasteiger partial charge in [0.25, 0.3) is 0 Å². The number of nitrogens with one attached hydrogen (secondary N) is 1.